The van der Waals surface area contributed by atoms with E-state index in [1.54, 1.807) is 13.8 Å². The molecule has 10 aliphatic rings. The zero-order valence-corrected chi connectivity index (χ0v) is 34.8. The smallest absolute Gasteiger partial charge is 0.449 e. The van der Waals surface area contributed by atoms with E-state index in [2.05, 4.69) is 18.7 Å². The number of halogens is 6. The molecule has 0 radical (unpaired) electrons. The van der Waals surface area contributed by atoms with Gasteiger partial charge in [0.05, 0.1) is 0 Å². The Morgan fingerprint density at radius 3 is 1.31 bits per heavy atom. The van der Waals surface area contributed by atoms with Gasteiger partial charge >= 0.3 is 12.4 Å². The molecule has 8 fully saturated rings. The summed E-state index contributed by atoms with van der Waals surface area (Å²) >= 11 is 0. The molecular formula is C41H61F6N3O8. The molecule has 6 saturated heterocycles. The van der Waals surface area contributed by atoms with Gasteiger partial charge in [-0.3, -0.25) is 0 Å². The van der Waals surface area contributed by atoms with E-state index in [0.717, 1.165) is 12.8 Å². The van der Waals surface area contributed by atoms with Crippen LogP contribution in [0.1, 0.15) is 91.9 Å². The van der Waals surface area contributed by atoms with E-state index in [4.69, 9.17) is 38.5 Å². The largest absolute Gasteiger partial charge is 0.456 e. The lowest BCUT2D eigenvalue weighted by atomic mass is 9.59. The highest BCUT2D eigenvalue weighted by Gasteiger charge is 2.72. The molecule has 0 aromatic heterocycles. The van der Waals surface area contributed by atoms with E-state index in [9.17, 15) is 26.3 Å². The molecule has 58 heavy (non-hydrogen) atoms. The molecular weight excluding hydrogens is 776 g/mol. The minimum Gasteiger partial charge on any atom is -0.456 e. The van der Waals surface area contributed by atoms with Crippen molar-refractivity contribution in [3.05, 3.63) is 22.7 Å². The molecule has 2 spiro atoms. The molecule has 2 unspecified atom stereocenters. The first-order valence-corrected chi connectivity index (χ1v) is 21.3. The summed E-state index contributed by atoms with van der Waals surface area (Å²) in [6, 6.07) is 0. The number of nitrogens with zero attached hydrogens (tertiary/aromatic N) is 3. The highest BCUT2D eigenvalue weighted by Crippen LogP contribution is 2.63. The van der Waals surface area contributed by atoms with E-state index < -0.39 is 71.1 Å². The summed E-state index contributed by atoms with van der Waals surface area (Å²) in [5.41, 5.74) is -1.93. The number of rotatable bonds is 12. The standard InChI is InChI=1S/C41H61F6N3O8/c1-24-10-12-30-26(32(40(42,43)44)51-34-38(30)28(24)14-16-36(3,53-34)55-57-38)22-49(6)20-8-18-48(5)19-9-21-50(7)23-27-31-13-11-25(2)29-15-17-37(4)54-35(39(29,31)58-56-37)52-33(27)41(45,46)47/h24-25,28-31,34-35H,8-23H2,1-7H3/t24-,25-,28?,29?,30+,31+,34-,35-,36+,37+,38-,39-/m1/s1. The second-order valence-corrected chi connectivity index (χ2v) is 19.1. The highest BCUT2D eigenvalue weighted by molar-refractivity contribution is 5.30. The van der Waals surface area contributed by atoms with Crippen molar-refractivity contribution in [1.82, 2.24) is 14.7 Å². The molecule has 2 aliphatic carbocycles. The zero-order valence-electron chi connectivity index (χ0n) is 34.8. The lowest BCUT2D eigenvalue weighted by Crippen LogP contribution is -2.67. The van der Waals surface area contributed by atoms with Crippen molar-refractivity contribution in [2.24, 2.45) is 35.5 Å². The molecule has 0 aromatic carbocycles. The predicted molar refractivity (Wildman–Crippen MR) is 196 cm³/mol. The maximum absolute atomic E-state index is 14.7. The number of hydrogen-bond acceptors (Lipinski definition) is 11. The van der Waals surface area contributed by atoms with Crippen LogP contribution in [0.2, 0.25) is 0 Å². The van der Waals surface area contributed by atoms with Crippen molar-refractivity contribution < 1.29 is 64.8 Å². The summed E-state index contributed by atoms with van der Waals surface area (Å²) in [5, 5.41) is 0. The van der Waals surface area contributed by atoms with Crippen molar-refractivity contribution in [1.29, 1.82) is 0 Å². The molecule has 0 N–H and O–H groups in total. The minimum absolute atomic E-state index is 0.0645. The molecule has 0 aromatic rings. The Hall–Kier alpha value is -1.70. The van der Waals surface area contributed by atoms with Gasteiger partial charge in [0.1, 0.15) is 0 Å². The Morgan fingerprint density at radius 2 is 0.931 bits per heavy atom. The van der Waals surface area contributed by atoms with Gasteiger partial charge < -0.3 is 33.6 Å². The first kappa shape index (κ1) is 43.0. The van der Waals surface area contributed by atoms with E-state index in [1.807, 2.05) is 30.9 Å². The third-order valence-electron chi connectivity index (χ3n) is 14.9. The fraction of sp³-hybridized carbons (Fsp3) is 0.902. The second kappa shape index (κ2) is 15.3. The summed E-state index contributed by atoms with van der Waals surface area (Å²) in [6.45, 7) is 10.2. The van der Waals surface area contributed by atoms with Gasteiger partial charge in [0, 0.05) is 49.6 Å². The van der Waals surface area contributed by atoms with Crippen LogP contribution in [0.3, 0.4) is 0 Å². The lowest BCUT2D eigenvalue weighted by Gasteiger charge is -2.57. The molecule has 8 aliphatic heterocycles. The van der Waals surface area contributed by atoms with Crippen molar-refractivity contribution in [3.63, 3.8) is 0 Å². The fourth-order valence-corrected chi connectivity index (χ4v) is 11.9. The van der Waals surface area contributed by atoms with Gasteiger partial charge in [0.15, 0.2) is 11.2 Å². The number of allylic oxidation sites excluding steroid dienone is 2. The van der Waals surface area contributed by atoms with Gasteiger partial charge in [-0.15, -0.1) is 0 Å². The first-order valence-electron chi connectivity index (χ1n) is 21.3. The van der Waals surface area contributed by atoms with E-state index >= 15 is 0 Å². The maximum Gasteiger partial charge on any atom is 0.449 e. The monoisotopic (exact) mass is 837 g/mol. The maximum atomic E-state index is 14.7. The molecule has 0 amide bonds. The van der Waals surface area contributed by atoms with E-state index in [1.165, 1.54) is 0 Å². The highest BCUT2D eigenvalue weighted by atomic mass is 19.4. The van der Waals surface area contributed by atoms with Crippen LogP contribution in [0, 0.1) is 35.5 Å². The Balaban J connectivity index is 0.867. The number of likely N-dealkylation sites (N-methyl/N-ethyl adjacent to an activating group) is 2. The number of alkyl halides is 6. The van der Waals surface area contributed by atoms with E-state index in [0.29, 0.717) is 77.5 Å². The van der Waals surface area contributed by atoms with Crippen molar-refractivity contribution >= 4 is 0 Å². The number of hydrogen-bond donors (Lipinski definition) is 0. The Bertz CT molecular complexity index is 1500. The SMILES string of the molecule is C[C@@H]1CC[C@H]2C(CN(C)CCCN(C)CCCN(C)CC3=C(C(F)(F)F)O[C@@H]4O[C@]5(C)CCC6[C@H](C)CC[C@@H]3[C@]64OO5)=C(C(F)(F)F)O[C@@H]3O[C@]4(C)CCC1[C@]32OO4. The molecule has 12 atom stereocenters. The van der Waals surface area contributed by atoms with Gasteiger partial charge in [-0.2, -0.15) is 26.3 Å². The van der Waals surface area contributed by atoms with Crippen LogP contribution < -0.4 is 0 Å². The van der Waals surface area contributed by atoms with Gasteiger partial charge in [0.25, 0.3) is 0 Å². The first-order chi connectivity index (χ1) is 27.2. The van der Waals surface area contributed by atoms with Crippen LogP contribution in [-0.4, -0.2) is 123 Å². The fourth-order valence-electron chi connectivity index (χ4n) is 11.9. The van der Waals surface area contributed by atoms with Gasteiger partial charge in [0.2, 0.25) is 35.7 Å². The molecule has 2 saturated carbocycles. The summed E-state index contributed by atoms with van der Waals surface area (Å²) < 4.78 is 112. The second-order valence-electron chi connectivity index (χ2n) is 19.1. The Kier molecular flexibility index (Phi) is 11.3. The zero-order chi connectivity index (χ0) is 41.6. The normalized spacial score (nSPS) is 42.3. The van der Waals surface area contributed by atoms with Crippen molar-refractivity contribution in [2.45, 2.75) is 140 Å². The van der Waals surface area contributed by atoms with Crippen LogP contribution in [-0.2, 0) is 38.5 Å². The summed E-state index contributed by atoms with van der Waals surface area (Å²) in [4.78, 5) is 29.8. The minimum atomic E-state index is -4.70. The third-order valence-corrected chi connectivity index (χ3v) is 14.9. The molecule has 10 rings (SSSR count). The summed E-state index contributed by atoms with van der Waals surface area (Å²) in [5.74, 6) is -5.15. The van der Waals surface area contributed by atoms with Crippen LogP contribution in [0.4, 0.5) is 26.3 Å². The molecule has 330 valence electrons. The van der Waals surface area contributed by atoms with Crippen LogP contribution in [0.5, 0.6) is 0 Å². The van der Waals surface area contributed by atoms with Gasteiger partial charge in [-0.05, 0) is 136 Å². The average molecular weight is 838 g/mol. The van der Waals surface area contributed by atoms with Crippen molar-refractivity contribution in [3.8, 4) is 0 Å². The third kappa shape index (κ3) is 7.41. The van der Waals surface area contributed by atoms with Crippen LogP contribution >= 0.6 is 0 Å². The average Bonchev–Trinajstić information content (AvgIpc) is 3.51. The van der Waals surface area contributed by atoms with Crippen molar-refractivity contribution in [2.75, 3.05) is 60.4 Å². The Morgan fingerprint density at radius 1 is 0.552 bits per heavy atom. The summed E-state index contributed by atoms with van der Waals surface area (Å²) in [6.07, 6.45) is -5.41. The summed E-state index contributed by atoms with van der Waals surface area (Å²) in [7, 11) is 5.62. The lowest BCUT2D eigenvalue weighted by molar-refractivity contribution is -0.557. The quantitative estimate of drug-likeness (QED) is 0.143. The Labute approximate surface area is 337 Å². The van der Waals surface area contributed by atoms with Gasteiger partial charge in [-0.25, -0.2) is 19.6 Å². The van der Waals surface area contributed by atoms with E-state index in [-0.39, 0.29) is 47.9 Å². The number of ether oxygens (including phenoxy) is 4. The topological polar surface area (TPSA) is 83.6 Å². The predicted octanol–water partition coefficient (Wildman–Crippen LogP) is 7.69. The molecule has 4 bridgehead atoms. The van der Waals surface area contributed by atoms with Crippen LogP contribution in [0.15, 0.2) is 22.7 Å². The molecule has 8 heterocycles. The number of fused-ring (bicyclic) bond motifs is 4. The van der Waals surface area contributed by atoms with Crippen LogP contribution in [0.25, 0.3) is 0 Å². The molecule has 11 nitrogen and oxygen atoms in total. The van der Waals surface area contributed by atoms with Gasteiger partial charge in [-0.1, -0.05) is 13.8 Å². The molecule has 17 heteroatoms.